The van der Waals surface area contributed by atoms with Crippen molar-refractivity contribution in [2.45, 2.75) is 32.7 Å². The zero-order valence-electron chi connectivity index (χ0n) is 16.6. The van der Waals surface area contributed by atoms with Crippen molar-refractivity contribution in [1.29, 1.82) is 5.26 Å². The number of carboxylic acid groups (broad SMARTS) is 1. The van der Waals surface area contributed by atoms with Crippen LogP contribution in [-0.4, -0.2) is 43.8 Å². The number of hydrogen-bond acceptors (Lipinski definition) is 6. The van der Waals surface area contributed by atoms with Crippen molar-refractivity contribution in [2.75, 3.05) is 20.8 Å². The van der Waals surface area contributed by atoms with Gasteiger partial charge in [0.25, 0.3) is 5.91 Å². The van der Waals surface area contributed by atoms with Gasteiger partial charge in [0.1, 0.15) is 17.7 Å². The second-order valence-corrected chi connectivity index (χ2v) is 6.56. The Morgan fingerprint density at radius 3 is 2.46 bits per heavy atom. The van der Waals surface area contributed by atoms with E-state index in [1.807, 2.05) is 26.0 Å². The first kappa shape index (κ1) is 22.8. The van der Waals surface area contributed by atoms with E-state index in [1.54, 1.807) is 26.4 Å². The van der Waals surface area contributed by atoms with Crippen molar-refractivity contribution < 1.29 is 24.2 Å². The van der Waals surface area contributed by atoms with E-state index in [0.29, 0.717) is 24.5 Å². The van der Waals surface area contributed by atoms with Gasteiger partial charge in [0.2, 0.25) is 0 Å². The first-order valence-corrected chi connectivity index (χ1v) is 8.90. The Hall–Kier alpha value is -3.21. The third-order valence-electron chi connectivity index (χ3n) is 3.93. The van der Waals surface area contributed by atoms with Gasteiger partial charge in [0.05, 0.1) is 14.2 Å². The number of rotatable bonds is 11. The van der Waals surface area contributed by atoms with Crippen molar-refractivity contribution in [3.8, 4) is 17.6 Å². The molecule has 0 bridgehead atoms. The van der Waals surface area contributed by atoms with Crippen LogP contribution in [-0.2, 0) is 16.0 Å². The Bertz CT molecular complexity index is 753. The Balaban J connectivity index is 2.65. The average Bonchev–Trinajstić information content (AvgIpc) is 2.66. The van der Waals surface area contributed by atoms with Crippen LogP contribution >= 0.6 is 0 Å². The molecule has 3 N–H and O–H groups in total. The monoisotopic (exact) mass is 389 g/mol. The van der Waals surface area contributed by atoms with Crippen LogP contribution in [0.3, 0.4) is 0 Å². The molecule has 0 aliphatic heterocycles. The van der Waals surface area contributed by atoms with Crippen molar-refractivity contribution in [2.24, 2.45) is 5.92 Å². The summed E-state index contributed by atoms with van der Waals surface area (Å²) in [6.07, 6.45) is 2.21. The predicted molar refractivity (Wildman–Crippen MR) is 104 cm³/mol. The predicted octanol–water partition coefficient (Wildman–Crippen LogP) is 1.86. The molecule has 28 heavy (non-hydrogen) atoms. The molecule has 0 fully saturated rings. The highest BCUT2D eigenvalue weighted by Crippen LogP contribution is 2.27. The molecule has 1 amide bonds. The molecule has 0 heterocycles. The van der Waals surface area contributed by atoms with Crippen LogP contribution in [0.15, 0.2) is 30.0 Å². The van der Waals surface area contributed by atoms with Gasteiger partial charge >= 0.3 is 5.97 Å². The Morgan fingerprint density at radius 1 is 1.25 bits per heavy atom. The average molecular weight is 389 g/mol. The summed E-state index contributed by atoms with van der Waals surface area (Å²) >= 11 is 0. The third-order valence-corrected chi connectivity index (χ3v) is 3.93. The summed E-state index contributed by atoms with van der Waals surface area (Å²) in [5.74, 6) is -0.486. The number of nitrogens with zero attached hydrogens (tertiary/aromatic N) is 1. The molecule has 1 rings (SSSR count). The number of carboxylic acids is 1. The highest BCUT2D eigenvalue weighted by molar-refractivity contribution is 5.99. The molecule has 0 aliphatic carbocycles. The summed E-state index contributed by atoms with van der Waals surface area (Å²) in [5, 5.41) is 23.7. The topological polar surface area (TPSA) is 121 Å². The van der Waals surface area contributed by atoms with Crippen LogP contribution in [0.5, 0.6) is 11.5 Å². The van der Waals surface area contributed by atoms with Gasteiger partial charge < -0.3 is 25.2 Å². The number of hydrogen-bond donors (Lipinski definition) is 3. The number of nitriles is 1. The zero-order valence-corrected chi connectivity index (χ0v) is 16.6. The molecular formula is C20H27N3O5. The number of nitrogens with one attached hydrogen (secondary N) is 2. The molecule has 8 heteroatoms. The van der Waals surface area contributed by atoms with Gasteiger partial charge in [0, 0.05) is 12.7 Å². The normalized spacial score (nSPS) is 12.1. The van der Waals surface area contributed by atoms with Crippen LogP contribution in [0, 0.1) is 17.2 Å². The van der Waals surface area contributed by atoms with Gasteiger partial charge in [-0.25, -0.2) is 4.79 Å². The number of amides is 1. The lowest BCUT2D eigenvalue weighted by atomic mass is 10.0. The van der Waals surface area contributed by atoms with Crippen LogP contribution in [0.2, 0.25) is 0 Å². The summed E-state index contributed by atoms with van der Waals surface area (Å²) in [6, 6.07) is 6.31. The van der Waals surface area contributed by atoms with Gasteiger partial charge in [-0.3, -0.25) is 4.79 Å². The molecular weight excluding hydrogens is 362 g/mol. The second-order valence-electron chi connectivity index (χ2n) is 6.56. The fourth-order valence-electron chi connectivity index (χ4n) is 2.50. The van der Waals surface area contributed by atoms with Crippen molar-refractivity contribution >= 4 is 11.9 Å². The van der Waals surface area contributed by atoms with E-state index in [9.17, 15) is 20.0 Å². The molecule has 8 nitrogen and oxygen atoms in total. The lowest BCUT2D eigenvalue weighted by Gasteiger charge is -2.16. The maximum atomic E-state index is 12.2. The third kappa shape index (κ3) is 7.19. The standard InChI is InChI=1S/C20H27N3O5/c1-13(2)9-16(20(25)26)23-19(24)15(11-21)12-22-8-7-14-5-6-17(27-3)18(10-14)28-4/h5-6,10,12-13,16,22H,7-9H2,1-4H3,(H,23,24)(H,25,26)/b15-12-. The fourth-order valence-corrected chi connectivity index (χ4v) is 2.50. The molecule has 1 aromatic rings. The van der Waals surface area contributed by atoms with E-state index in [1.165, 1.54) is 6.20 Å². The highest BCUT2D eigenvalue weighted by Gasteiger charge is 2.22. The molecule has 1 unspecified atom stereocenters. The summed E-state index contributed by atoms with van der Waals surface area (Å²) in [6.45, 7) is 4.19. The van der Waals surface area contributed by atoms with Gasteiger partial charge in [-0.1, -0.05) is 19.9 Å². The number of methoxy groups -OCH3 is 2. The number of carbonyl (C=O) groups is 2. The van der Waals surface area contributed by atoms with Gasteiger partial charge in [-0.05, 0) is 36.5 Å². The number of carbonyl (C=O) groups excluding carboxylic acids is 1. The van der Waals surface area contributed by atoms with E-state index in [2.05, 4.69) is 10.6 Å². The summed E-state index contributed by atoms with van der Waals surface area (Å²) in [4.78, 5) is 23.4. The quantitative estimate of drug-likeness (QED) is 0.300. The summed E-state index contributed by atoms with van der Waals surface area (Å²) in [5.41, 5.74) is 0.812. The van der Waals surface area contributed by atoms with Crippen molar-refractivity contribution in [3.05, 3.63) is 35.5 Å². The first-order chi connectivity index (χ1) is 13.3. The molecule has 1 atom stereocenters. The highest BCUT2D eigenvalue weighted by atomic mass is 16.5. The van der Waals surface area contributed by atoms with Crippen LogP contribution in [0.4, 0.5) is 0 Å². The van der Waals surface area contributed by atoms with Gasteiger partial charge in [-0.2, -0.15) is 5.26 Å². The smallest absolute Gasteiger partial charge is 0.326 e. The minimum Gasteiger partial charge on any atom is -0.493 e. The molecule has 0 saturated heterocycles. The first-order valence-electron chi connectivity index (χ1n) is 8.90. The van der Waals surface area contributed by atoms with Crippen LogP contribution in [0.1, 0.15) is 25.8 Å². The Kier molecular flexibility index (Phi) is 9.37. The zero-order chi connectivity index (χ0) is 21.1. The Labute approximate surface area is 165 Å². The minimum atomic E-state index is -1.12. The Morgan fingerprint density at radius 2 is 1.93 bits per heavy atom. The van der Waals surface area contributed by atoms with Crippen LogP contribution < -0.4 is 20.1 Å². The maximum Gasteiger partial charge on any atom is 0.326 e. The number of aliphatic carboxylic acids is 1. The molecule has 152 valence electrons. The molecule has 0 spiro atoms. The van der Waals surface area contributed by atoms with Crippen molar-refractivity contribution in [1.82, 2.24) is 10.6 Å². The van der Waals surface area contributed by atoms with E-state index in [-0.39, 0.29) is 17.9 Å². The molecule has 0 aromatic heterocycles. The van der Waals surface area contributed by atoms with E-state index >= 15 is 0 Å². The van der Waals surface area contributed by atoms with Crippen molar-refractivity contribution in [3.63, 3.8) is 0 Å². The van der Waals surface area contributed by atoms with Crippen LogP contribution in [0.25, 0.3) is 0 Å². The largest absolute Gasteiger partial charge is 0.493 e. The number of ether oxygens (including phenoxy) is 2. The van der Waals surface area contributed by atoms with Gasteiger partial charge in [0.15, 0.2) is 11.5 Å². The maximum absolute atomic E-state index is 12.2. The number of benzene rings is 1. The minimum absolute atomic E-state index is 0.0931. The van der Waals surface area contributed by atoms with E-state index < -0.39 is 17.9 Å². The molecule has 0 aliphatic rings. The summed E-state index contributed by atoms with van der Waals surface area (Å²) < 4.78 is 10.4. The van der Waals surface area contributed by atoms with Gasteiger partial charge in [-0.15, -0.1) is 0 Å². The molecule has 0 saturated carbocycles. The molecule has 0 radical (unpaired) electrons. The SMILES string of the molecule is COc1ccc(CCN/C=C(/C#N)C(=O)NC(CC(C)C)C(=O)O)cc1OC. The van der Waals surface area contributed by atoms with E-state index in [0.717, 1.165) is 5.56 Å². The molecule has 1 aromatic carbocycles. The fraction of sp³-hybridized carbons (Fsp3) is 0.450. The van der Waals surface area contributed by atoms with E-state index in [4.69, 9.17) is 9.47 Å². The second kappa shape index (κ2) is 11.5. The summed E-state index contributed by atoms with van der Waals surface area (Å²) in [7, 11) is 3.12. The lowest BCUT2D eigenvalue weighted by Crippen LogP contribution is -2.42. The lowest BCUT2D eigenvalue weighted by molar-refractivity contribution is -0.141.